The van der Waals surface area contributed by atoms with Gasteiger partial charge in [0.05, 0.1) is 7.11 Å². The molecule has 3 aromatic rings. The molecule has 0 spiro atoms. The van der Waals surface area contributed by atoms with E-state index in [-0.39, 0.29) is 5.91 Å². The van der Waals surface area contributed by atoms with Crippen LogP contribution in [-0.4, -0.2) is 36.0 Å². The van der Waals surface area contributed by atoms with Gasteiger partial charge in [-0.1, -0.05) is 24.3 Å². The van der Waals surface area contributed by atoms with E-state index in [9.17, 15) is 4.79 Å². The summed E-state index contributed by atoms with van der Waals surface area (Å²) in [6.07, 6.45) is 2.13. The van der Waals surface area contributed by atoms with Gasteiger partial charge in [0, 0.05) is 35.8 Å². The van der Waals surface area contributed by atoms with Gasteiger partial charge >= 0.3 is 0 Å². The zero-order chi connectivity index (χ0) is 17.2. The van der Waals surface area contributed by atoms with Gasteiger partial charge in [-0.25, -0.2) is 0 Å². The van der Waals surface area contributed by atoms with Crippen LogP contribution in [0.4, 0.5) is 0 Å². The Labute approximate surface area is 147 Å². The van der Waals surface area contributed by atoms with Crippen molar-refractivity contribution in [2.24, 2.45) is 0 Å². The van der Waals surface area contributed by atoms with Crippen molar-refractivity contribution in [1.82, 2.24) is 9.88 Å². The van der Waals surface area contributed by atoms with E-state index in [1.807, 2.05) is 35.2 Å². The van der Waals surface area contributed by atoms with Crippen molar-refractivity contribution in [1.29, 1.82) is 0 Å². The summed E-state index contributed by atoms with van der Waals surface area (Å²) in [6, 6.07) is 17.9. The zero-order valence-corrected chi connectivity index (χ0v) is 14.4. The number of rotatable bonds is 3. The van der Waals surface area contributed by atoms with Crippen LogP contribution >= 0.6 is 0 Å². The normalized spacial score (nSPS) is 17.6. The summed E-state index contributed by atoms with van der Waals surface area (Å²) in [5.74, 6) is 1.16. The molecule has 1 amide bonds. The van der Waals surface area contributed by atoms with Crippen molar-refractivity contribution in [2.45, 2.75) is 18.8 Å². The minimum Gasteiger partial charge on any atom is -0.497 e. The Morgan fingerprint density at radius 3 is 2.88 bits per heavy atom. The summed E-state index contributed by atoms with van der Waals surface area (Å²) in [5.41, 5.74) is 3.08. The van der Waals surface area contributed by atoms with Crippen LogP contribution in [0, 0.1) is 0 Å². The van der Waals surface area contributed by atoms with Crippen LogP contribution in [0.2, 0.25) is 0 Å². The van der Waals surface area contributed by atoms with E-state index in [1.165, 1.54) is 11.1 Å². The number of carbonyl (C=O) groups is 1. The minimum atomic E-state index is 0.0831. The largest absolute Gasteiger partial charge is 0.497 e. The molecule has 1 fully saturated rings. The number of para-hydroxylation sites is 1. The van der Waals surface area contributed by atoms with Gasteiger partial charge in [-0.05, 0) is 48.6 Å². The molecule has 2 heterocycles. The third-order valence-electron chi connectivity index (χ3n) is 5.02. The van der Waals surface area contributed by atoms with E-state index in [2.05, 4.69) is 29.2 Å². The fraction of sp³-hybridized carbons (Fsp3) is 0.286. The zero-order valence-electron chi connectivity index (χ0n) is 14.4. The highest BCUT2D eigenvalue weighted by Gasteiger charge is 2.26. The SMILES string of the molecule is COc1cccc(C(=O)N2CCCC(c3cc4ccccc4[nH]3)C2)c1. The Morgan fingerprint density at radius 1 is 1.16 bits per heavy atom. The molecule has 0 aliphatic carbocycles. The van der Waals surface area contributed by atoms with E-state index in [4.69, 9.17) is 4.74 Å². The monoisotopic (exact) mass is 334 g/mol. The second kappa shape index (κ2) is 6.63. The van der Waals surface area contributed by atoms with Crippen molar-refractivity contribution in [3.8, 4) is 5.75 Å². The van der Waals surface area contributed by atoms with Crippen LogP contribution in [0.1, 0.15) is 34.8 Å². The molecule has 25 heavy (non-hydrogen) atoms. The number of ether oxygens (including phenoxy) is 1. The summed E-state index contributed by atoms with van der Waals surface area (Å²) in [5, 5.41) is 1.23. The Morgan fingerprint density at radius 2 is 2.04 bits per heavy atom. The number of nitrogens with zero attached hydrogens (tertiary/aromatic N) is 1. The lowest BCUT2D eigenvalue weighted by Crippen LogP contribution is -2.39. The molecule has 1 N–H and O–H groups in total. The fourth-order valence-corrected chi connectivity index (χ4v) is 3.67. The van der Waals surface area contributed by atoms with Gasteiger partial charge in [0.25, 0.3) is 5.91 Å². The third kappa shape index (κ3) is 3.12. The highest BCUT2D eigenvalue weighted by atomic mass is 16.5. The topological polar surface area (TPSA) is 45.3 Å². The summed E-state index contributed by atoms with van der Waals surface area (Å²) in [4.78, 5) is 18.4. The summed E-state index contributed by atoms with van der Waals surface area (Å²) < 4.78 is 5.24. The molecule has 1 aliphatic heterocycles. The molecule has 1 atom stereocenters. The van der Waals surface area contributed by atoms with Gasteiger partial charge in [-0.2, -0.15) is 0 Å². The maximum atomic E-state index is 12.9. The number of piperidine rings is 1. The number of hydrogen-bond donors (Lipinski definition) is 1. The molecule has 2 aromatic carbocycles. The molecule has 0 radical (unpaired) electrons. The van der Waals surface area contributed by atoms with Crippen LogP contribution in [0.3, 0.4) is 0 Å². The first-order valence-electron chi connectivity index (χ1n) is 8.75. The highest BCUT2D eigenvalue weighted by Crippen LogP contribution is 2.29. The molecule has 128 valence electrons. The van der Waals surface area contributed by atoms with Crippen LogP contribution in [0.5, 0.6) is 5.75 Å². The highest BCUT2D eigenvalue weighted by molar-refractivity contribution is 5.94. The predicted molar refractivity (Wildman–Crippen MR) is 99.2 cm³/mol. The Kier molecular flexibility index (Phi) is 4.18. The Bertz CT molecular complexity index is 867. The van der Waals surface area contributed by atoms with E-state index >= 15 is 0 Å². The quantitative estimate of drug-likeness (QED) is 0.780. The number of hydrogen-bond acceptors (Lipinski definition) is 2. The van der Waals surface area contributed by atoms with Crippen LogP contribution < -0.4 is 4.74 Å². The van der Waals surface area contributed by atoms with Crippen LogP contribution in [0.25, 0.3) is 10.9 Å². The Hall–Kier alpha value is -2.75. The molecule has 0 bridgehead atoms. The maximum Gasteiger partial charge on any atom is 0.254 e. The average molecular weight is 334 g/mol. The summed E-state index contributed by atoms with van der Waals surface area (Å²) in [7, 11) is 1.62. The molecule has 4 nitrogen and oxygen atoms in total. The van der Waals surface area contributed by atoms with Crippen molar-refractivity contribution < 1.29 is 9.53 Å². The Balaban J connectivity index is 1.54. The number of amides is 1. The average Bonchev–Trinajstić information content (AvgIpc) is 3.12. The molecule has 0 saturated carbocycles. The van der Waals surface area contributed by atoms with E-state index in [0.717, 1.165) is 37.2 Å². The van der Waals surface area contributed by atoms with Crippen molar-refractivity contribution in [2.75, 3.05) is 20.2 Å². The van der Waals surface area contributed by atoms with Crippen LogP contribution in [-0.2, 0) is 0 Å². The third-order valence-corrected chi connectivity index (χ3v) is 5.02. The number of carbonyl (C=O) groups excluding carboxylic acids is 1. The molecular weight excluding hydrogens is 312 g/mol. The lowest BCUT2D eigenvalue weighted by Gasteiger charge is -2.32. The molecular formula is C21H22N2O2. The van der Waals surface area contributed by atoms with Gasteiger partial charge in [0.15, 0.2) is 0 Å². The van der Waals surface area contributed by atoms with Gasteiger partial charge in [-0.15, -0.1) is 0 Å². The van der Waals surface area contributed by atoms with E-state index in [1.54, 1.807) is 7.11 Å². The second-order valence-electron chi connectivity index (χ2n) is 6.63. The van der Waals surface area contributed by atoms with Crippen molar-refractivity contribution >= 4 is 16.8 Å². The number of H-pyrrole nitrogens is 1. The number of aromatic nitrogens is 1. The second-order valence-corrected chi connectivity index (χ2v) is 6.63. The molecule has 1 unspecified atom stereocenters. The molecule has 1 aliphatic rings. The number of aromatic amines is 1. The molecule has 1 saturated heterocycles. The molecule has 4 rings (SSSR count). The van der Waals surface area contributed by atoms with Crippen LogP contribution in [0.15, 0.2) is 54.6 Å². The number of methoxy groups -OCH3 is 1. The first-order chi connectivity index (χ1) is 12.2. The predicted octanol–water partition coefficient (Wildman–Crippen LogP) is 4.20. The fourth-order valence-electron chi connectivity index (χ4n) is 3.67. The van der Waals surface area contributed by atoms with Gasteiger partial charge in [0.1, 0.15) is 5.75 Å². The smallest absolute Gasteiger partial charge is 0.254 e. The number of fused-ring (bicyclic) bond motifs is 1. The van der Waals surface area contributed by atoms with E-state index in [0.29, 0.717) is 11.5 Å². The minimum absolute atomic E-state index is 0.0831. The molecule has 4 heteroatoms. The van der Waals surface area contributed by atoms with Gasteiger partial charge < -0.3 is 14.6 Å². The lowest BCUT2D eigenvalue weighted by atomic mass is 9.94. The van der Waals surface area contributed by atoms with Crippen molar-refractivity contribution in [3.63, 3.8) is 0 Å². The number of likely N-dealkylation sites (tertiary alicyclic amines) is 1. The molecule has 1 aromatic heterocycles. The first-order valence-corrected chi connectivity index (χ1v) is 8.75. The lowest BCUT2D eigenvalue weighted by molar-refractivity contribution is 0.0706. The van der Waals surface area contributed by atoms with Gasteiger partial charge in [-0.3, -0.25) is 4.79 Å². The summed E-state index contributed by atoms with van der Waals surface area (Å²) >= 11 is 0. The first kappa shape index (κ1) is 15.8. The number of nitrogens with one attached hydrogen (secondary N) is 1. The van der Waals surface area contributed by atoms with E-state index < -0.39 is 0 Å². The van der Waals surface area contributed by atoms with Gasteiger partial charge in [0.2, 0.25) is 0 Å². The van der Waals surface area contributed by atoms with Crippen molar-refractivity contribution in [3.05, 3.63) is 65.9 Å². The standard InChI is InChI=1S/C21H22N2O2/c1-25-18-9-4-7-16(12-18)21(24)23-11-5-8-17(14-23)20-13-15-6-2-3-10-19(15)22-20/h2-4,6-7,9-10,12-13,17,22H,5,8,11,14H2,1H3. The maximum absolute atomic E-state index is 12.9. The summed E-state index contributed by atoms with van der Waals surface area (Å²) in [6.45, 7) is 1.57. The number of benzene rings is 2.